The fourth-order valence-electron chi connectivity index (χ4n) is 2.16. The Bertz CT molecular complexity index is 537. The minimum absolute atomic E-state index is 0.214. The van der Waals surface area contributed by atoms with Crippen LogP contribution in [0.5, 0.6) is 0 Å². The van der Waals surface area contributed by atoms with E-state index in [2.05, 4.69) is 43.5 Å². The molecule has 0 spiro atoms. The van der Waals surface area contributed by atoms with Crippen LogP contribution in [0.15, 0.2) is 22.9 Å². The highest BCUT2D eigenvalue weighted by atomic mass is 79.9. The maximum absolute atomic E-state index is 4.43. The topological polar surface area (TPSA) is 55.6 Å². The molecule has 2 rings (SSSR count). The van der Waals surface area contributed by atoms with Gasteiger partial charge in [-0.15, -0.1) is 0 Å². The molecule has 1 atom stereocenters. The van der Waals surface area contributed by atoms with Gasteiger partial charge < -0.3 is 5.32 Å². The third-order valence-electron chi connectivity index (χ3n) is 3.12. The van der Waals surface area contributed by atoms with Crippen LogP contribution in [0, 0.1) is 6.92 Å². The summed E-state index contributed by atoms with van der Waals surface area (Å²) in [5.41, 5.74) is 3.34. The second-order valence-electron chi connectivity index (χ2n) is 4.46. The van der Waals surface area contributed by atoms with Gasteiger partial charge in [0.15, 0.2) is 0 Å². The van der Waals surface area contributed by atoms with E-state index < -0.39 is 0 Å². The zero-order valence-corrected chi connectivity index (χ0v) is 13.0. The molecule has 1 unspecified atom stereocenters. The molecule has 0 radical (unpaired) electrons. The van der Waals surface area contributed by atoms with Gasteiger partial charge in [0, 0.05) is 25.7 Å². The highest BCUT2D eigenvalue weighted by Crippen LogP contribution is 2.25. The SMILES string of the molecule is CCNC(Cc1c(Br)c(C)nn1C)c1ccnnc1. The van der Waals surface area contributed by atoms with Crippen molar-refractivity contribution in [3.63, 3.8) is 0 Å². The van der Waals surface area contributed by atoms with Gasteiger partial charge in [0.25, 0.3) is 0 Å². The van der Waals surface area contributed by atoms with E-state index in [0.717, 1.165) is 28.7 Å². The van der Waals surface area contributed by atoms with E-state index in [1.54, 1.807) is 6.20 Å². The van der Waals surface area contributed by atoms with Crippen LogP contribution in [0.25, 0.3) is 0 Å². The van der Waals surface area contributed by atoms with Gasteiger partial charge in [-0.05, 0) is 41.0 Å². The highest BCUT2D eigenvalue weighted by Gasteiger charge is 2.17. The van der Waals surface area contributed by atoms with Crippen molar-refractivity contribution in [3.8, 4) is 0 Å². The Labute approximate surface area is 121 Å². The lowest BCUT2D eigenvalue weighted by atomic mass is 10.0. The maximum Gasteiger partial charge on any atom is 0.0738 e. The number of hydrogen-bond acceptors (Lipinski definition) is 4. The molecule has 5 nitrogen and oxygen atoms in total. The number of hydrogen-bond donors (Lipinski definition) is 1. The summed E-state index contributed by atoms with van der Waals surface area (Å²) in [6, 6.07) is 2.21. The van der Waals surface area contributed by atoms with Crippen LogP contribution in [0.4, 0.5) is 0 Å². The number of nitrogens with one attached hydrogen (secondary N) is 1. The lowest BCUT2D eigenvalue weighted by Crippen LogP contribution is -2.24. The van der Waals surface area contributed by atoms with Crippen LogP contribution >= 0.6 is 15.9 Å². The van der Waals surface area contributed by atoms with Crippen LogP contribution in [-0.2, 0) is 13.5 Å². The molecule has 0 amide bonds. The largest absolute Gasteiger partial charge is 0.310 e. The Morgan fingerprint density at radius 3 is 2.74 bits per heavy atom. The van der Waals surface area contributed by atoms with Crippen molar-refractivity contribution in [1.29, 1.82) is 0 Å². The van der Waals surface area contributed by atoms with Crippen LogP contribution in [0.3, 0.4) is 0 Å². The summed E-state index contributed by atoms with van der Waals surface area (Å²) in [7, 11) is 1.97. The molecule has 0 saturated carbocycles. The molecule has 1 N–H and O–H groups in total. The third kappa shape index (κ3) is 3.19. The van der Waals surface area contributed by atoms with Crippen molar-refractivity contribution in [2.75, 3.05) is 6.54 Å². The molecule has 2 aromatic heterocycles. The molecule has 0 aromatic carbocycles. The van der Waals surface area contributed by atoms with Crippen LogP contribution < -0.4 is 5.32 Å². The lowest BCUT2D eigenvalue weighted by molar-refractivity contribution is 0.525. The standard InChI is InChI=1S/C13H18BrN5/c1-4-15-11(10-5-6-16-17-8-10)7-12-13(14)9(2)18-19(12)3/h5-6,8,11,15H,4,7H2,1-3H3. The molecule has 19 heavy (non-hydrogen) atoms. The third-order valence-corrected chi connectivity index (χ3v) is 4.15. The summed E-state index contributed by atoms with van der Waals surface area (Å²) >= 11 is 3.61. The quantitative estimate of drug-likeness (QED) is 0.916. The minimum Gasteiger partial charge on any atom is -0.310 e. The number of nitrogens with zero attached hydrogens (tertiary/aromatic N) is 4. The molecule has 2 aromatic rings. The summed E-state index contributed by atoms with van der Waals surface area (Å²) in [4.78, 5) is 0. The van der Waals surface area contributed by atoms with Gasteiger partial charge in [-0.25, -0.2) is 0 Å². The Kier molecular flexibility index (Phi) is 4.66. The Hall–Kier alpha value is -1.27. The van der Waals surface area contributed by atoms with Gasteiger partial charge in [-0.2, -0.15) is 15.3 Å². The molecule has 2 heterocycles. The van der Waals surface area contributed by atoms with E-state index >= 15 is 0 Å². The van der Waals surface area contributed by atoms with E-state index in [9.17, 15) is 0 Å². The van der Waals surface area contributed by atoms with Crippen molar-refractivity contribution in [1.82, 2.24) is 25.3 Å². The molecule has 0 aliphatic heterocycles. The van der Waals surface area contributed by atoms with Gasteiger partial charge in [-0.1, -0.05) is 6.92 Å². The molecule has 102 valence electrons. The lowest BCUT2D eigenvalue weighted by Gasteiger charge is -2.18. The summed E-state index contributed by atoms with van der Waals surface area (Å²) in [5, 5.41) is 15.7. The average molecular weight is 324 g/mol. The van der Waals surface area contributed by atoms with Gasteiger partial charge in [0.2, 0.25) is 0 Å². The van der Waals surface area contributed by atoms with Gasteiger partial charge >= 0.3 is 0 Å². The Morgan fingerprint density at radius 2 is 2.21 bits per heavy atom. The molecule has 0 aliphatic rings. The van der Waals surface area contributed by atoms with Gasteiger partial charge in [0.1, 0.15) is 0 Å². The number of aromatic nitrogens is 4. The van der Waals surface area contributed by atoms with Crippen LogP contribution in [-0.4, -0.2) is 26.5 Å². The van der Waals surface area contributed by atoms with Crippen LogP contribution in [0.1, 0.15) is 29.9 Å². The molecule has 6 heteroatoms. The van der Waals surface area contributed by atoms with Gasteiger partial charge in [0.05, 0.1) is 22.1 Å². The first kappa shape index (κ1) is 14.1. The fraction of sp³-hybridized carbons (Fsp3) is 0.462. The van der Waals surface area contributed by atoms with Crippen molar-refractivity contribution in [2.45, 2.75) is 26.3 Å². The van der Waals surface area contributed by atoms with Crippen LogP contribution in [0.2, 0.25) is 0 Å². The predicted octanol–water partition coefficient (Wildman–Crippen LogP) is 2.17. The summed E-state index contributed by atoms with van der Waals surface area (Å²) < 4.78 is 3.01. The van der Waals surface area contributed by atoms with E-state index in [-0.39, 0.29) is 6.04 Å². The summed E-state index contributed by atoms with van der Waals surface area (Å²) in [6.07, 6.45) is 4.39. The normalized spacial score (nSPS) is 12.6. The zero-order chi connectivity index (χ0) is 13.8. The molecular formula is C13H18BrN5. The van der Waals surface area contributed by atoms with Crippen molar-refractivity contribution in [3.05, 3.63) is 39.9 Å². The number of rotatable bonds is 5. The molecule has 0 bridgehead atoms. The second kappa shape index (κ2) is 6.25. The van der Waals surface area contributed by atoms with E-state index in [1.165, 1.54) is 5.69 Å². The molecule has 0 saturated heterocycles. The first-order chi connectivity index (χ1) is 9.13. The second-order valence-corrected chi connectivity index (χ2v) is 5.25. The van der Waals surface area contributed by atoms with E-state index in [0.29, 0.717) is 0 Å². The smallest absolute Gasteiger partial charge is 0.0738 e. The van der Waals surface area contributed by atoms with Crippen molar-refractivity contribution in [2.24, 2.45) is 7.05 Å². The Balaban J connectivity index is 2.26. The average Bonchev–Trinajstić information content (AvgIpc) is 2.65. The first-order valence-electron chi connectivity index (χ1n) is 6.31. The van der Waals surface area contributed by atoms with E-state index in [4.69, 9.17) is 0 Å². The molecular weight excluding hydrogens is 306 g/mol. The Morgan fingerprint density at radius 1 is 1.42 bits per heavy atom. The summed E-state index contributed by atoms with van der Waals surface area (Å²) in [6.45, 7) is 5.01. The van der Waals surface area contributed by atoms with E-state index in [1.807, 2.05) is 30.9 Å². The molecule has 0 fully saturated rings. The molecule has 0 aliphatic carbocycles. The zero-order valence-electron chi connectivity index (χ0n) is 11.4. The van der Waals surface area contributed by atoms with Crippen molar-refractivity contribution >= 4 is 15.9 Å². The minimum atomic E-state index is 0.214. The maximum atomic E-state index is 4.43. The van der Waals surface area contributed by atoms with Crippen molar-refractivity contribution < 1.29 is 0 Å². The highest BCUT2D eigenvalue weighted by molar-refractivity contribution is 9.10. The predicted molar refractivity (Wildman–Crippen MR) is 77.8 cm³/mol. The number of likely N-dealkylation sites (N-methyl/N-ethyl adjacent to an activating group) is 1. The number of halogens is 1. The first-order valence-corrected chi connectivity index (χ1v) is 7.10. The van der Waals surface area contributed by atoms with Gasteiger partial charge in [-0.3, -0.25) is 4.68 Å². The monoisotopic (exact) mass is 323 g/mol. The number of aryl methyl sites for hydroxylation is 2. The fourth-order valence-corrected chi connectivity index (χ4v) is 2.65. The summed E-state index contributed by atoms with van der Waals surface area (Å²) in [5.74, 6) is 0.